The molecule has 2 rings (SSSR count). The molecule has 0 spiro atoms. The minimum atomic E-state index is -5.52. The molecule has 0 N–H and O–H groups in total. The van der Waals surface area contributed by atoms with E-state index in [1.54, 1.807) is 0 Å². The Kier molecular flexibility index (Phi) is 17.4. The lowest BCUT2D eigenvalue weighted by Gasteiger charge is -2.38. The molecule has 0 aliphatic carbocycles. The Morgan fingerprint density at radius 1 is 0.414 bits per heavy atom. The standard InChI is InChI=1S/C15H10F6.4C2H6/c16-14(17,18)13(15(19,20)21,11-7-3-1-4-8-11)12-9-5-2-6-10-12;4*1-2/h1-10H;4*1-2H3. The van der Waals surface area contributed by atoms with Crippen molar-refractivity contribution >= 4 is 0 Å². The SMILES string of the molecule is CC.CC.CC.CC.FC(F)(F)C(c1ccccc1)(c1ccccc1)C(F)(F)F. The van der Waals surface area contributed by atoms with Crippen LogP contribution in [0.15, 0.2) is 60.7 Å². The summed E-state index contributed by atoms with van der Waals surface area (Å²) in [6, 6.07) is 10.7. The molecule has 0 aliphatic rings. The first kappa shape index (κ1) is 31.7. The molecule has 0 fully saturated rings. The largest absolute Gasteiger partial charge is 0.411 e. The number of benzene rings is 2. The van der Waals surface area contributed by atoms with Gasteiger partial charge in [0.15, 0.2) is 0 Å². The predicted octanol–water partition coefficient (Wildman–Crippen LogP) is 9.20. The van der Waals surface area contributed by atoms with Crippen LogP contribution >= 0.6 is 0 Å². The lowest BCUT2D eigenvalue weighted by atomic mass is 9.73. The van der Waals surface area contributed by atoms with Crippen molar-refractivity contribution in [3.8, 4) is 0 Å². The highest BCUT2D eigenvalue weighted by Gasteiger charge is 2.72. The van der Waals surface area contributed by atoms with Crippen molar-refractivity contribution in [3.63, 3.8) is 0 Å². The van der Waals surface area contributed by atoms with Crippen LogP contribution in [0.5, 0.6) is 0 Å². The maximum absolute atomic E-state index is 13.5. The second-order valence-corrected chi connectivity index (χ2v) is 4.48. The molecule has 0 aromatic heterocycles. The van der Waals surface area contributed by atoms with E-state index in [2.05, 4.69) is 0 Å². The van der Waals surface area contributed by atoms with Gasteiger partial charge >= 0.3 is 12.4 Å². The van der Waals surface area contributed by atoms with Gasteiger partial charge in [-0.15, -0.1) is 0 Å². The molecule has 0 aliphatic heterocycles. The van der Waals surface area contributed by atoms with Gasteiger partial charge in [0, 0.05) is 0 Å². The van der Waals surface area contributed by atoms with Crippen molar-refractivity contribution in [2.75, 3.05) is 0 Å². The Balaban J connectivity index is -0.000000754. The molecule has 2 aromatic rings. The zero-order chi connectivity index (χ0) is 23.7. The summed E-state index contributed by atoms with van der Waals surface area (Å²) in [7, 11) is 0. The first-order chi connectivity index (χ1) is 13.7. The molecule has 0 radical (unpaired) electrons. The van der Waals surface area contributed by atoms with Crippen molar-refractivity contribution in [2.45, 2.75) is 73.2 Å². The summed E-state index contributed by atoms with van der Waals surface area (Å²) >= 11 is 0. The number of alkyl halides is 6. The van der Waals surface area contributed by atoms with Gasteiger partial charge in [-0.25, -0.2) is 0 Å². The van der Waals surface area contributed by atoms with Gasteiger partial charge < -0.3 is 0 Å². The van der Waals surface area contributed by atoms with Crippen molar-refractivity contribution < 1.29 is 26.3 Å². The normalized spacial score (nSPS) is 10.4. The Hall–Kier alpha value is -1.98. The van der Waals surface area contributed by atoms with Crippen LogP contribution in [0.1, 0.15) is 66.5 Å². The molecule has 6 heteroatoms. The van der Waals surface area contributed by atoms with Gasteiger partial charge in [0.25, 0.3) is 0 Å². The summed E-state index contributed by atoms with van der Waals surface area (Å²) in [4.78, 5) is 0. The molecule has 0 bridgehead atoms. The Morgan fingerprint density at radius 2 is 0.621 bits per heavy atom. The van der Waals surface area contributed by atoms with Gasteiger partial charge in [-0.3, -0.25) is 0 Å². The molecule has 0 atom stereocenters. The summed E-state index contributed by atoms with van der Waals surface area (Å²) in [5.74, 6) is 0. The van der Waals surface area contributed by atoms with Crippen LogP contribution < -0.4 is 0 Å². The highest BCUT2D eigenvalue weighted by molar-refractivity contribution is 5.43. The van der Waals surface area contributed by atoms with E-state index in [4.69, 9.17) is 0 Å². The molecule has 0 unspecified atom stereocenters. The minimum Gasteiger partial charge on any atom is -0.169 e. The molecule has 168 valence electrons. The van der Waals surface area contributed by atoms with E-state index in [-0.39, 0.29) is 0 Å². The summed E-state index contributed by atoms with van der Waals surface area (Å²) < 4.78 is 81.1. The van der Waals surface area contributed by atoms with Gasteiger partial charge in [0.2, 0.25) is 5.41 Å². The number of rotatable bonds is 2. The zero-order valence-electron chi connectivity index (χ0n) is 18.5. The highest BCUT2D eigenvalue weighted by Crippen LogP contribution is 2.55. The third kappa shape index (κ3) is 7.75. The zero-order valence-corrected chi connectivity index (χ0v) is 18.5. The van der Waals surface area contributed by atoms with E-state index in [1.807, 2.05) is 55.4 Å². The quantitative estimate of drug-likeness (QED) is 0.422. The van der Waals surface area contributed by atoms with Crippen LogP contribution in [0.2, 0.25) is 0 Å². The van der Waals surface area contributed by atoms with Crippen molar-refractivity contribution in [2.24, 2.45) is 0 Å². The molecule has 2 aromatic carbocycles. The van der Waals surface area contributed by atoms with E-state index in [0.29, 0.717) is 0 Å². The second kappa shape index (κ2) is 15.9. The maximum atomic E-state index is 13.5. The Morgan fingerprint density at radius 3 is 0.793 bits per heavy atom. The van der Waals surface area contributed by atoms with Crippen LogP contribution in [0, 0.1) is 0 Å². The Labute approximate surface area is 172 Å². The maximum Gasteiger partial charge on any atom is 0.411 e. The van der Waals surface area contributed by atoms with E-state index >= 15 is 0 Å². The first-order valence-corrected chi connectivity index (χ1v) is 9.96. The van der Waals surface area contributed by atoms with Crippen LogP contribution in [0.4, 0.5) is 26.3 Å². The average molecular weight is 425 g/mol. The molecule has 0 heterocycles. The number of hydrogen-bond acceptors (Lipinski definition) is 0. The van der Waals surface area contributed by atoms with Crippen molar-refractivity contribution in [1.82, 2.24) is 0 Å². The monoisotopic (exact) mass is 424 g/mol. The third-order valence-electron chi connectivity index (χ3n) is 3.26. The predicted molar refractivity (Wildman–Crippen MR) is 111 cm³/mol. The molecular formula is C23H34F6. The van der Waals surface area contributed by atoms with E-state index in [9.17, 15) is 26.3 Å². The van der Waals surface area contributed by atoms with E-state index < -0.39 is 28.9 Å². The first-order valence-electron chi connectivity index (χ1n) is 9.96. The van der Waals surface area contributed by atoms with Gasteiger partial charge in [0.1, 0.15) is 0 Å². The summed E-state index contributed by atoms with van der Waals surface area (Å²) in [6.45, 7) is 16.0. The second-order valence-electron chi connectivity index (χ2n) is 4.48. The van der Waals surface area contributed by atoms with E-state index in [0.717, 1.165) is 48.5 Å². The summed E-state index contributed by atoms with van der Waals surface area (Å²) in [5, 5.41) is 0. The lowest BCUT2D eigenvalue weighted by Crippen LogP contribution is -2.54. The average Bonchev–Trinajstić information content (AvgIpc) is 2.74. The van der Waals surface area contributed by atoms with Crippen molar-refractivity contribution in [1.29, 1.82) is 0 Å². The van der Waals surface area contributed by atoms with Crippen LogP contribution in [-0.2, 0) is 5.41 Å². The summed E-state index contributed by atoms with van der Waals surface area (Å²) in [5.41, 5.74) is -5.74. The third-order valence-corrected chi connectivity index (χ3v) is 3.26. The molecule has 0 amide bonds. The molecule has 0 saturated heterocycles. The van der Waals surface area contributed by atoms with Crippen molar-refractivity contribution in [3.05, 3.63) is 71.8 Å². The molecular weight excluding hydrogens is 390 g/mol. The fourth-order valence-electron chi connectivity index (χ4n) is 2.36. The smallest absolute Gasteiger partial charge is 0.169 e. The van der Waals surface area contributed by atoms with Crippen LogP contribution in [-0.4, -0.2) is 12.4 Å². The number of hydrogen-bond donors (Lipinski definition) is 0. The van der Waals surface area contributed by atoms with Gasteiger partial charge in [-0.2, -0.15) is 26.3 Å². The molecule has 29 heavy (non-hydrogen) atoms. The van der Waals surface area contributed by atoms with Crippen LogP contribution in [0.25, 0.3) is 0 Å². The van der Waals surface area contributed by atoms with E-state index in [1.165, 1.54) is 12.1 Å². The van der Waals surface area contributed by atoms with Gasteiger partial charge in [-0.05, 0) is 11.1 Å². The van der Waals surface area contributed by atoms with Gasteiger partial charge in [0.05, 0.1) is 0 Å². The minimum absolute atomic E-state index is 0.841. The molecule has 0 nitrogen and oxygen atoms in total. The Bertz CT molecular complexity index is 531. The fourth-order valence-corrected chi connectivity index (χ4v) is 2.36. The summed E-state index contributed by atoms with van der Waals surface area (Å²) in [6.07, 6.45) is -11.0. The lowest BCUT2D eigenvalue weighted by molar-refractivity contribution is -0.288. The van der Waals surface area contributed by atoms with Crippen LogP contribution in [0.3, 0.4) is 0 Å². The number of halogens is 6. The topological polar surface area (TPSA) is 0 Å². The fraction of sp³-hybridized carbons (Fsp3) is 0.478. The highest BCUT2D eigenvalue weighted by atomic mass is 19.4. The van der Waals surface area contributed by atoms with Gasteiger partial charge in [-0.1, -0.05) is 116 Å². The molecule has 0 saturated carbocycles.